The van der Waals surface area contributed by atoms with Crippen molar-refractivity contribution in [2.24, 2.45) is 5.73 Å². The molecule has 0 spiro atoms. The highest BCUT2D eigenvalue weighted by Gasteiger charge is 2.12. The van der Waals surface area contributed by atoms with Gasteiger partial charge < -0.3 is 11.1 Å². The van der Waals surface area contributed by atoms with Gasteiger partial charge in [-0.1, -0.05) is 11.6 Å². The largest absolute Gasteiger partial charge is 0.350 e. The van der Waals surface area contributed by atoms with Crippen molar-refractivity contribution >= 4 is 28.8 Å². The van der Waals surface area contributed by atoms with Gasteiger partial charge in [-0.15, -0.1) is 11.3 Å². The van der Waals surface area contributed by atoms with E-state index in [9.17, 15) is 4.79 Å². The molecule has 0 saturated heterocycles. The van der Waals surface area contributed by atoms with Crippen molar-refractivity contribution in [3.8, 4) is 0 Å². The molecule has 0 fully saturated rings. The molecule has 6 heteroatoms. The van der Waals surface area contributed by atoms with Gasteiger partial charge >= 0.3 is 0 Å². The van der Waals surface area contributed by atoms with Crippen LogP contribution in [0, 0.1) is 0 Å². The van der Waals surface area contributed by atoms with Crippen LogP contribution in [0.2, 0.25) is 5.15 Å². The first kappa shape index (κ1) is 10.4. The molecule has 0 radical (unpaired) electrons. The predicted molar refractivity (Wildman–Crippen MR) is 53.1 cm³/mol. The van der Waals surface area contributed by atoms with Crippen LogP contribution in [0.4, 0.5) is 0 Å². The van der Waals surface area contributed by atoms with Gasteiger partial charge in [0.2, 0.25) is 0 Å². The lowest BCUT2D eigenvalue weighted by Gasteiger charge is -2.05. The summed E-state index contributed by atoms with van der Waals surface area (Å²) in [6, 6.07) is -0.0596. The van der Waals surface area contributed by atoms with Crippen LogP contribution in [0.25, 0.3) is 0 Å². The van der Waals surface area contributed by atoms with Gasteiger partial charge in [0.15, 0.2) is 5.15 Å². The summed E-state index contributed by atoms with van der Waals surface area (Å²) in [4.78, 5) is 15.5. The molecule has 0 aromatic carbocycles. The Morgan fingerprint density at radius 2 is 2.62 bits per heavy atom. The van der Waals surface area contributed by atoms with Gasteiger partial charge in [0.05, 0.1) is 5.51 Å². The van der Waals surface area contributed by atoms with Gasteiger partial charge in [-0.2, -0.15) is 0 Å². The second kappa shape index (κ2) is 4.55. The van der Waals surface area contributed by atoms with Gasteiger partial charge in [0.1, 0.15) is 4.88 Å². The van der Waals surface area contributed by atoms with Gasteiger partial charge in [-0.05, 0) is 6.92 Å². The summed E-state index contributed by atoms with van der Waals surface area (Å²) in [5.74, 6) is -0.218. The van der Waals surface area contributed by atoms with E-state index in [0.29, 0.717) is 11.4 Å². The summed E-state index contributed by atoms with van der Waals surface area (Å²) < 4.78 is 0. The van der Waals surface area contributed by atoms with E-state index in [2.05, 4.69) is 10.3 Å². The third kappa shape index (κ3) is 2.95. The van der Waals surface area contributed by atoms with E-state index in [1.54, 1.807) is 0 Å². The summed E-state index contributed by atoms with van der Waals surface area (Å²) in [5, 5.41) is 2.89. The molecule has 3 N–H and O–H groups in total. The van der Waals surface area contributed by atoms with Crippen molar-refractivity contribution in [3.05, 3.63) is 15.5 Å². The Labute approximate surface area is 85.1 Å². The molecular weight excluding hydrogens is 210 g/mol. The predicted octanol–water partition coefficient (Wildman–Crippen LogP) is 0.873. The minimum absolute atomic E-state index is 0.0596. The van der Waals surface area contributed by atoms with Gasteiger partial charge in [0, 0.05) is 12.6 Å². The minimum Gasteiger partial charge on any atom is -0.350 e. The molecule has 1 aromatic heterocycles. The first-order valence-corrected chi connectivity index (χ1v) is 4.99. The number of halogens is 1. The van der Waals surface area contributed by atoms with E-state index in [0.717, 1.165) is 0 Å². The number of carbonyl (C=O) groups is 1. The molecule has 0 aliphatic heterocycles. The molecule has 0 aliphatic rings. The number of nitrogens with zero attached hydrogens (tertiary/aromatic N) is 1. The summed E-state index contributed by atoms with van der Waals surface area (Å²) in [6.07, 6.45) is 0. The third-order valence-electron chi connectivity index (χ3n) is 1.31. The molecule has 1 amide bonds. The fourth-order valence-electron chi connectivity index (χ4n) is 0.714. The van der Waals surface area contributed by atoms with E-state index in [4.69, 9.17) is 17.3 Å². The molecule has 1 aromatic rings. The zero-order valence-corrected chi connectivity index (χ0v) is 8.65. The lowest BCUT2D eigenvalue weighted by atomic mass is 10.3. The average molecular weight is 220 g/mol. The van der Waals surface area contributed by atoms with Crippen LogP contribution in [0.3, 0.4) is 0 Å². The summed E-state index contributed by atoms with van der Waals surface area (Å²) >= 11 is 6.87. The molecule has 1 atom stereocenters. The van der Waals surface area contributed by atoms with Crippen molar-refractivity contribution in [2.45, 2.75) is 13.0 Å². The highest BCUT2D eigenvalue weighted by Crippen LogP contribution is 2.17. The van der Waals surface area contributed by atoms with Crippen LogP contribution in [0.1, 0.15) is 16.6 Å². The smallest absolute Gasteiger partial charge is 0.264 e. The zero-order chi connectivity index (χ0) is 9.84. The van der Waals surface area contributed by atoms with E-state index < -0.39 is 0 Å². The fourth-order valence-corrected chi connectivity index (χ4v) is 1.63. The molecule has 1 unspecified atom stereocenters. The Balaban J connectivity index is 2.54. The van der Waals surface area contributed by atoms with Crippen LogP contribution in [-0.4, -0.2) is 23.5 Å². The van der Waals surface area contributed by atoms with E-state index >= 15 is 0 Å². The molecule has 0 aliphatic carbocycles. The second-order valence-electron chi connectivity index (χ2n) is 2.66. The Hall–Kier alpha value is -0.650. The van der Waals surface area contributed by atoms with Crippen LogP contribution in [-0.2, 0) is 0 Å². The quantitative estimate of drug-likeness (QED) is 0.793. The maximum absolute atomic E-state index is 11.4. The molecule has 13 heavy (non-hydrogen) atoms. The molecule has 0 bridgehead atoms. The third-order valence-corrected chi connectivity index (χ3v) is 2.54. The zero-order valence-electron chi connectivity index (χ0n) is 7.08. The van der Waals surface area contributed by atoms with Crippen molar-refractivity contribution in [1.82, 2.24) is 10.3 Å². The Kier molecular flexibility index (Phi) is 3.65. The number of carbonyl (C=O) groups excluding carboxylic acids is 1. The van der Waals surface area contributed by atoms with E-state index in [1.807, 2.05) is 6.92 Å². The Bertz CT molecular complexity index is 300. The van der Waals surface area contributed by atoms with Crippen LogP contribution in [0.15, 0.2) is 5.51 Å². The number of hydrogen-bond donors (Lipinski definition) is 2. The Morgan fingerprint density at radius 3 is 3.08 bits per heavy atom. The average Bonchev–Trinajstić information content (AvgIpc) is 2.47. The monoisotopic (exact) mass is 219 g/mol. The summed E-state index contributed by atoms with van der Waals surface area (Å²) in [5.41, 5.74) is 7.00. The minimum atomic E-state index is -0.218. The van der Waals surface area contributed by atoms with E-state index in [-0.39, 0.29) is 17.1 Å². The lowest BCUT2D eigenvalue weighted by Crippen LogP contribution is -2.34. The van der Waals surface area contributed by atoms with E-state index in [1.165, 1.54) is 16.8 Å². The fraction of sp³-hybridized carbons (Fsp3) is 0.429. The van der Waals surface area contributed by atoms with Gasteiger partial charge in [-0.25, -0.2) is 4.98 Å². The number of hydrogen-bond acceptors (Lipinski definition) is 4. The van der Waals surface area contributed by atoms with Crippen molar-refractivity contribution in [1.29, 1.82) is 0 Å². The van der Waals surface area contributed by atoms with Crippen LogP contribution >= 0.6 is 22.9 Å². The van der Waals surface area contributed by atoms with Crippen molar-refractivity contribution in [3.63, 3.8) is 0 Å². The number of aromatic nitrogens is 1. The first-order valence-electron chi connectivity index (χ1n) is 3.74. The molecule has 4 nitrogen and oxygen atoms in total. The van der Waals surface area contributed by atoms with Crippen LogP contribution in [0.5, 0.6) is 0 Å². The molecule has 72 valence electrons. The molecule has 1 heterocycles. The van der Waals surface area contributed by atoms with Gasteiger partial charge in [-0.3, -0.25) is 4.79 Å². The van der Waals surface area contributed by atoms with Crippen molar-refractivity contribution in [2.75, 3.05) is 6.54 Å². The van der Waals surface area contributed by atoms with Crippen LogP contribution < -0.4 is 11.1 Å². The number of nitrogens with one attached hydrogen (secondary N) is 1. The molecular formula is C7H10ClN3OS. The summed E-state index contributed by atoms with van der Waals surface area (Å²) in [7, 11) is 0. The normalized spacial score (nSPS) is 12.5. The number of rotatable bonds is 3. The standard InChI is InChI=1S/C7H10ClN3OS/c1-4(9)2-10-7(12)5-6(8)11-3-13-5/h3-4H,2,9H2,1H3,(H,10,12). The Morgan fingerprint density at radius 1 is 1.92 bits per heavy atom. The molecule has 0 saturated carbocycles. The highest BCUT2D eigenvalue weighted by atomic mass is 35.5. The number of amides is 1. The maximum atomic E-state index is 11.4. The SMILES string of the molecule is CC(N)CNC(=O)c1scnc1Cl. The van der Waals surface area contributed by atoms with Crippen molar-refractivity contribution < 1.29 is 4.79 Å². The lowest BCUT2D eigenvalue weighted by molar-refractivity contribution is 0.0955. The summed E-state index contributed by atoms with van der Waals surface area (Å²) in [6.45, 7) is 2.25. The number of thiazole rings is 1. The highest BCUT2D eigenvalue weighted by molar-refractivity contribution is 7.12. The number of nitrogens with two attached hydrogens (primary N) is 1. The maximum Gasteiger partial charge on any atom is 0.264 e. The molecule has 1 rings (SSSR count). The first-order chi connectivity index (χ1) is 6.11. The van der Waals surface area contributed by atoms with Gasteiger partial charge in [0.25, 0.3) is 5.91 Å². The topological polar surface area (TPSA) is 68.0 Å². The second-order valence-corrected chi connectivity index (χ2v) is 3.87.